The second kappa shape index (κ2) is 8.38. The molecule has 1 N–H and O–H groups in total. The van der Waals surface area contributed by atoms with Crippen molar-refractivity contribution in [1.29, 1.82) is 0 Å². The van der Waals surface area contributed by atoms with Crippen LogP contribution in [0, 0.1) is 5.92 Å². The lowest BCUT2D eigenvalue weighted by Crippen LogP contribution is -2.23. The smallest absolute Gasteiger partial charge is 0.338 e. The van der Waals surface area contributed by atoms with Gasteiger partial charge in [0.15, 0.2) is 0 Å². The van der Waals surface area contributed by atoms with Crippen LogP contribution in [0.1, 0.15) is 37.1 Å². The number of benzene rings is 2. The summed E-state index contributed by atoms with van der Waals surface area (Å²) in [6.45, 7) is 0. The highest BCUT2D eigenvalue weighted by Crippen LogP contribution is 2.38. The van der Waals surface area contributed by atoms with E-state index < -0.39 is 17.7 Å². The van der Waals surface area contributed by atoms with Crippen molar-refractivity contribution >= 4 is 29.5 Å². The molecule has 0 saturated heterocycles. The molecule has 0 spiro atoms. The number of fused-ring (bicyclic) bond motifs is 1. The van der Waals surface area contributed by atoms with Crippen LogP contribution in [0.2, 0.25) is 0 Å². The van der Waals surface area contributed by atoms with Crippen molar-refractivity contribution in [1.82, 2.24) is 9.97 Å². The van der Waals surface area contributed by atoms with Gasteiger partial charge in [-0.3, -0.25) is 0 Å². The average molecular weight is 443 g/mol. The van der Waals surface area contributed by atoms with E-state index in [4.69, 9.17) is 0 Å². The topological polar surface area (TPSA) is 28.7 Å². The number of imidazole rings is 1. The molecule has 0 amide bonds. The van der Waals surface area contributed by atoms with E-state index in [0.29, 0.717) is 35.3 Å². The van der Waals surface area contributed by atoms with Crippen molar-refractivity contribution in [2.75, 3.05) is 0 Å². The number of hydrogen-bond donors (Lipinski definition) is 1. The van der Waals surface area contributed by atoms with Crippen LogP contribution in [-0.2, 0) is 6.18 Å². The molecular weight excluding hydrogens is 423 g/mol. The normalized spacial score (nSPS) is 17.4. The quantitative estimate of drug-likeness (QED) is 0.418. The molecule has 160 valence electrons. The largest absolute Gasteiger partial charge is 0.417 e. The lowest BCUT2D eigenvalue weighted by atomic mass is 9.86. The molecule has 0 aliphatic heterocycles. The molecule has 1 aliphatic carbocycles. The summed E-state index contributed by atoms with van der Waals surface area (Å²) in [7, 11) is 0. The first-order chi connectivity index (χ1) is 13.7. The maximum atomic E-state index is 13.3. The third kappa shape index (κ3) is 4.83. The van der Waals surface area contributed by atoms with Gasteiger partial charge in [0, 0.05) is 12.8 Å². The van der Waals surface area contributed by atoms with Gasteiger partial charge in [0.25, 0.3) is 0 Å². The molecule has 0 radical (unpaired) electrons. The van der Waals surface area contributed by atoms with Gasteiger partial charge in [-0.05, 0) is 54.2 Å². The van der Waals surface area contributed by atoms with Gasteiger partial charge in [-0.2, -0.15) is 13.2 Å². The van der Waals surface area contributed by atoms with Gasteiger partial charge in [0.05, 0.1) is 16.6 Å². The Labute approximate surface area is 176 Å². The van der Waals surface area contributed by atoms with Crippen molar-refractivity contribution in [3.8, 4) is 11.1 Å². The number of aromatic nitrogens is 2. The van der Waals surface area contributed by atoms with Gasteiger partial charge >= 0.3 is 6.18 Å². The predicted octanol–water partition coefficient (Wildman–Crippen LogP) is 7.51. The molecule has 1 aromatic heterocycles. The molecule has 0 unspecified atom stereocenters. The molecule has 0 bridgehead atoms. The summed E-state index contributed by atoms with van der Waals surface area (Å²) < 4.78 is 66.4. The molecule has 1 saturated carbocycles. The number of hydrogen-bond acceptors (Lipinski definition) is 1. The van der Waals surface area contributed by atoms with Crippen LogP contribution < -0.4 is 0 Å². The Bertz CT molecular complexity index is 1050. The number of aromatic amines is 1. The van der Waals surface area contributed by atoms with Crippen molar-refractivity contribution in [2.24, 2.45) is 5.92 Å². The summed E-state index contributed by atoms with van der Waals surface area (Å²) >= 11 is 0. The fourth-order valence-corrected chi connectivity index (χ4v) is 3.74. The zero-order chi connectivity index (χ0) is 20.6. The van der Waals surface area contributed by atoms with E-state index in [2.05, 4.69) is 9.97 Å². The first kappa shape index (κ1) is 22.3. The highest BCUT2D eigenvalue weighted by atomic mass is 35.5. The summed E-state index contributed by atoms with van der Waals surface area (Å²) in [6.07, 6.45) is -0.146. The minimum atomic E-state index is -4.44. The summed E-state index contributed by atoms with van der Waals surface area (Å²) in [5, 5.41) is 0. The molecule has 1 fully saturated rings. The zero-order valence-corrected chi connectivity index (χ0v) is 16.7. The van der Waals surface area contributed by atoms with Crippen molar-refractivity contribution in [3.05, 3.63) is 59.9 Å². The van der Waals surface area contributed by atoms with Gasteiger partial charge in [-0.1, -0.05) is 30.3 Å². The number of rotatable bonds is 3. The van der Waals surface area contributed by atoms with Crippen LogP contribution >= 0.6 is 12.4 Å². The van der Waals surface area contributed by atoms with Gasteiger partial charge in [0.1, 0.15) is 5.82 Å². The Morgan fingerprint density at radius 2 is 1.73 bits per heavy atom. The maximum Gasteiger partial charge on any atom is 0.417 e. The van der Waals surface area contributed by atoms with Crippen LogP contribution in [0.3, 0.4) is 0 Å². The number of nitrogens with zero attached hydrogens (tertiary/aromatic N) is 1. The Morgan fingerprint density at radius 3 is 2.43 bits per heavy atom. The third-order valence-electron chi connectivity index (χ3n) is 5.33. The van der Waals surface area contributed by atoms with Gasteiger partial charge < -0.3 is 4.98 Å². The number of nitrogens with one attached hydrogen (secondary N) is 1. The van der Waals surface area contributed by atoms with E-state index in [1.807, 2.05) is 6.08 Å². The van der Waals surface area contributed by atoms with E-state index >= 15 is 0 Å². The first-order valence-corrected chi connectivity index (χ1v) is 9.44. The fraction of sp³-hybridized carbons (Fsp3) is 0.318. The second-order valence-electron chi connectivity index (χ2n) is 7.45. The molecule has 2 aromatic carbocycles. The van der Waals surface area contributed by atoms with Gasteiger partial charge in [-0.25, -0.2) is 13.8 Å². The highest BCUT2D eigenvalue weighted by molar-refractivity contribution is 5.85. The van der Waals surface area contributed by atoms with Crippen molar-refractivity contribution < 1.29 is 22.0 Å². The van der Waals surface area contributed by atoms with Crippen LogP contribution in [0.5, 0.6) is 0 Å². The highest BCUT2D eigenvalue weighted by Gasteiger charge is 2.34. The van der Waals surface area contributed by atoms with Crippen LogP contribution in [-0.4, -0.2) is 15.9 Å². The molecule has 4 rings (SSSR count). The number of H-pyrrole nitrogens is 1. The molecule has 1 heterocycles. The third-order valence-corrected chi connectivity index (χ3v) is 5.33. The molecule has 8 heteroatoms. The summed E-state index contributed by atoms with van der Waals surface area (Å²) in [4.78, 5) is 7.51. The van der Waals surface area contributed by atoms with Crippen LogP contribution in [0.4, 0.5) is 22.0 Å². The number of halogens is 6. The Hall–Kier alpha value is -2.41. The molecule has 2 nitrogen and oxygen atoms in total. The SMILES string of the molecule is Cl.FC1(F)CCC(/C=C/c2nc3ccc(-c4ccccc4C(F)(F)F)cc3[nH]2)CC1. The monoisotopic (exact) mass is 442 g/mol. The zero-order valence-electron chi connectivity index (χ0n) is 15.8. The van der Waals surface area contributed by atoms with Gasteiger partial charge in [0.2, 0.25) is 5.92 Å². The summed E-state index contributed by atoms with van der Waals surface area (Å²) in [5.41, 5.74) is 1.12. The Balaban J connectivity index is 0.00000256. The van der Waals surface area contributed by atoms with E-state index in [1.54, 1.807) is 30.3 Å². The first-order valence-electron chi connectivity index (χ1n) is 9.44. The Kier molecular flexibility index (Phi) is 6.22. The second-order valence-corrected chi connectivity index (χ2v) is 7.45. The lowest BCUT2D eigenvalue weighted by Gasteiger charge is -2.26. The summed E-state index contributed by atoms with van der Waals surface area (Å²) in [5.74, 6) is -1.93. The van der Waals surface area contributed by atoms with Crippen LogP contribution in [0.15, 0.2) is 48.5 Å². The minimum Gasteiger partial charge on any atom is -0.338 e. The molecule has 0 atom stereocenters. The van der Waals surface area contributed by atoms with E-state index in [1.165, 1.54) is 12.1 Å². The van der Waals surface area contributed by atoms with Crippen LogP contribution in [0.25, 0.3) is 28.2 Å². The summed E-state index contributed by atoms with van der Waals surface area (Å²) in [6, 6.07) is 10.4. The predicted molar refractivity (Wildman–Crippen MR) is 110 cm³/mol. The van der Waals surface area contributed by atoms with Crippen molar-refractivity contribution in [2.45, 2.75) is 37.8 Å². The molecule has 3 aromatic rings. The number of allylic oxidation sites excluding steroid dienone is 1. The fourth-order valence-electron chi connectivity index (χ4n) is 3.74. The van der Waals surface area contributed by atoms with E-state index in [0.717, 1.165) is 6.07 Å². The standard InChI is InChI=1S/C22H19F5N2.ClH/c23-21(24)11-9-14(10-12-21)5-8-20-28-18-7-6-15(13-19(18)29-20)16-3-1-2-4-17(16)22(25,26)27;/h1-8,13-14H,9-12H2,(H,28,29);1H/b8-5+;. The molecule has 1 aliphatic rings. The minimum absolute atomic E-state index is 0. The van der Waals surface area contributed by atoms with Crippen molar-refractivity contribution in [3.63, 3.8) is 0 Å². The average Bonchev–Trinajstić information content (AvgIpc) is 3.08. The molecular formula is C22H20ClF5N2. The number of alkyl halides is 5. The van der Waals surface area contributed by atoms with E-state index in [9.17, 15) is 22.0 Å². The Morgan fingerprint density at radius 1 is 1.03 bits per heavy atom. The van der Waals surface area contributed by atoms with Gasteiger partial charge in [-0.15, -0.1) is 12.4 Å². The lowest BCUT2D eigenvalue weighted by molar-refractivity contribution is -0.137. The molecule has 30 heavy (non-hydrogen) atoms. The maximum absolute atomic E-state index is 13.3. The van der Waals surface area contributed by atoms with E-state index in [-0.39, 0.29) is 36.7 Å².